The topological polar surface area (TPSA) is 41.9 Å². The SMILES string of the molecule is O=C1/C(=C\c2ccc(OCc3ccc(Br)cc3)cc2)SC(=NCc2ccccc2)N1Cc1ccccc1. The Morgan fingerprint density at radius 1 is 0.784 bits per heavy atom. The van der Waals surface area contributed by atoms with Gasteiger partial charge in [-0.05, 0) is 64.4 Å². The number of hydrogen-bond acceptors (Lipinski definition) is 4. The first-order valence-electron chi connectivity index (χ1n) is 11.9. The minimum absolute atomic E-state index is 0.0313. The van der Waals surface area contributed by atoms with Crippen LogP contribution in [0.25, 0.3) is 6.08 Å². The number of benzene rings is 4. The van der Waals surface area contributed by atoms with Crippen molar-refractivity contribution in [3.63, 3.8) is 0 Å². The third kappa shape index (κ3) is 6.79. The number of halogens is 1. The van der Waals surface area contributed by atoms with Crippen LogP contribution >= 0.6 is 27.7 Å². The smallest absolute Gasteiger partial charge is 0.267 e. The predicted molar refractivity (Wildman–Crippen MR) is 155 cm³/mol. The zero-order chi connectivity index (χ0) is 25.5. The molecule has 0 saturated carbocycles. The Labute approximate surface area is 229 Å². The molecule has 0 spiro atoms. The monoisotopic (exact) mass is 568 g/mol. The van der Waals surface area contributed by atoms with Crippen molar-refractivity contribution in [2.45, 2.75) is 19.7 Å². The van der Waals surface area contributed by atoms with E-state index in [0.29, 0.717) is 24.6 Å². The van der Waals surface area contributed by atoms with Gasteiger partial charge in [-0.3, -0.25) is 14.7 Å². The molecule has 1 aliphatic rings. The first kappa shape index (κ1) is 25.1. The number of hydrogen-bond donors (Lipinski definition) is 0. The summed E-state index contributed by atoms with van der Waals surface area (Å²) in [7, 11) is 0. The summed E-state index contributed by atoms with van der Waals surface area (Å²) in [4.78, 5) is 20.6. The average molecular weight is 570 g/mol. The van der Waals surface area contributed by atoms with Crippen LogP contribution in [0.5, 0.6) is 5.75 Å². The van der Waals surface area contributed by atoms with Crippen LogP contribution in [0.3, 0.4) is 0 Å². The molecular weight excluding hydrogens is 544 g/mol. The largest absolute Gasteiger partial charge is 0.489 e. The summed E-state index contributed by atoms with van der Waals surface area (Å²) < 4.78 is 6.96. The van der Waals surface area contributed by atoms with Gasteiger partial charge < -0.3 is 4.74 Å². The molecule has 0 radical (unpaired) electrons. The summed E-state index contributed by atoms with van der Waals surface area (Å²) in [5.41, 5.74) is 4.22. The number of carbonyl (C=O) groups is 1. The lowest BCUT2D eigenvalue weighted by molar-refractivity contribution is -0.122. The summed E-state index contributed by atoms with van der Waals surface area (Å²) >= 11 is 4.88. The fraction of sp³-hybridized carbons (Fsp3) is 0.0968. The molecule has 1 aliphatic heterocycles. The Hall–Kier alpha value is -3.61. The van der Waals surface area contributed by atoms with Gasteiger partial charge in [0, 0.05) is 4.47 Å². The van der Waals surface area contributed by atoms with Gasteiger partial charge in [-0.2, -0.15) is 0 Å². The Morgan fingerprint density at radius 3 is 2.11 bits per heavy atom. The van der Waals surface area contributed by atoms with Crippen molar-refractivity contribution in [1.29, 1.82) is 0 Å². The van der Waals surface area contributed by atoms with Gasteiger partial charge in [0.2, 0.25) is 0 Å². The molecule has 0 N–H and O–H groups in total. The number of ether oxygens (including phenoxy) is 1. The maximum atomic E-state index is 13.4. The van der Waals surface area contributed by atoms with Gasteiger partial charge in [0.15, 0.2) is 5.17 Å². The molecule has 0 aliphatic carbocycles. The molecule has 1 heterocycles. The number of aliphatic imine (C=N–C) groups is 1. The first-order valence-corrected chi connectivity index (χ1v) is 13.6. The molecule has 0 atom stereocenters. The minimum Gasteiger partial charge on any atom is -0.489 e. The molecule has 0 bridgehead atoms. The Kier molecular flexibility index (Phi) is 8.18. The van der Waals surface area contributed by atoms with Gasteiger partial charge in [0.05, 0.1) is 18.0 Å². The molecule has 37 heavy (non-hydrogen) atoms. The normalized spacial score (nSPS) is 15.5. The molecule has 6 heteroatoms. The van der Waals surface area contributed by atoms with Crippen LogP contribution in [0.1, 0.15) is 22.3 Å². The zero-order valence-electron chi connectivity index (χ0n) is 20.1. The lowest BCUT2D eigenvalue weighted by Crippen LogP contribution is -2.28. The average Bonchev–Trinajstić information content (AvgIpc) is 3.22. The summed E-state index contributed by atoms with van der Waals surface area (Å²) in [6, 6.07) is 36.0. The van der Waals surface area contributed by atoms with Crippen molar-refractivity contribution in [2.24, 2.45) is 4.99 Å². The number of carbonyl (C=O) groups excluding carboxylic acids is 1. The maximum absolute atomic E-state index is 13.4. The Bertz CT molecular complexity index is 1400. The third-order valence-corrected chi connectivity index (χ3v) is 7.38. The molecule has 1 amide bonds. The van der Waals surface area contributed by atoms with Gasteiger partial charge in [-0.1, -0.05) is 101 Å². The molecule has 0 unspecified atom stereocenters. The second-order valence-electron chi connectivity index (χ2n) is 8.56. The molecule has 4 aromatic rings. The first-order chi connectivity index (χ1) is 18.1. The van der Waals surface area contributed by atoms with E-state index in [0.717, 1.165) is 37.6 Å². The van der Waals surface area contributed by atoms with Crippen molar-refractivity contribution in [2.75, 3.05) is 0 Å². The van der Waals surface area contributed by atoms with Crippen molar-refractivity contribution < 1.29 is 9.53 Å². The highest BCUT2D eigenvalue weighted by Crippen LogP contribution is 2.34. The minimum atomic E-state index is -0.0313. The van der Waals surface area contributed by atoms with Crippen LogP contribution in [0.4, 0.5) is 0 Å². The third-order valence-electron chi connectivity index (χ3n) is 5.81. The van der Waals surface area contributed by atoms with Crippen LogP contribution in [-0.2, 0) is 24.5 Å². The number of amidine groups is 1. The van der Waals surface area contributed by atoms with Crippen molar-refractivity contribution in [3.8, 4) is 5.75 Å². The molecule has 0 aromatic heterocycles. The van der Waals surface area contributed by atoms with Crippen molar-refractivity contribution in [1.82, 2.24) is 4.90 Å². The van der Waals surface area contributed by atoms with Gasteiger partial charge >= 0.3 is 0 Å². The molecule has 1 saturated heterocycles. The summed E-state index contributed by atoms with van der Waals surface area (Å²) in [5.74, 6) is 0.752. The van der Waals surface area contributed by atoms with E-state index in [1.807, 2.05) is 115 Å². The van der Waals surface area contributed by atoms with Crippen molar-refractivity contribution >= 4 is 44.8 Å². The van der Waals surface area contributed by atoms with E-state index in [9.17, 15) is 4.79 Å². The van der Waals surface area contributed by atoms with E-state index in [-0.39, 0.29) is 5.91 Å². The molecule has 184 valence electrons. The van der Waals surface area contributed by atoms with Crippen LogP contribution in [0, 0.1) is 0 Å². The van der Waals surface area contributed by atoms with E-state index in [1.54, 1.807) is 4.90 Å². The van der Waals surface area contributed by atoms with Crippen LogP contribution in [0.15, 0.2) is 124 Å². The van der Waals surface area contributed by atoms with E-state index in [2.05, 4.69) is 15.9 Å². The summed E-state index contributed by atoms with van der Waals surface area (Å²) in [6.45, 7) is 1.51. The molecular formula is C31H25BrN2O2S. The predicted octanol–water partition coefficient (Wildman–Crippen LogP) is 7.70. The van der Waals surface area contributed by atoms with Crippen LogP contribution in [0.2, 0.25) is 0 Å². The van der Waals surface area contributed by atoms with Crippen molar-refractivity contribution in [3.05, 3.63) is 141 Å². The van der Waals surface area contributed by atoms with E-state index >= 15 is 0 Å². The molecule has 5 rings (SSSR count). The zero-order valence-corrected chi connectivity index (χ0v) is 22.5. The van der Waals surface area contributed by atoms with Gasteiger partial charge in [0.25, 0.3) is 5.91 Å². The molecule has 4 aromatic carbocycles. The number of amides is 1. The highest BCUT2D eigenvalue weighted by atomic mass is 79.9. The van der Waals surface area contributed by atoms with E-state index < -0.39 is 0 Å². The van der Waals surface area contributed by atoms with Gasteiger partial charge in [-0.15, -0.1) is 0 Å². The quantitative estimate of drug-likeness (QED) is 0.204. The summed E-state index contributed by atoms with van der Waals surface area (Å²) in [6.07, 6.45) is 1.93. The van der Waals surface area contributed by atoms with Crippen LogP contribution in [-0.4, -0.2) is 16.0 Å². The summed E-state index contributed by atoms with van der Waals surface area (Å²) in [5, 5.41) is 0.721. The van der Waals surface area contributed by atoms with Gasteiger partial charge in [0.1, 0.15) is 12.4 Å². The van der Waals surface area contributed by atoms with E-state index in [4.69, 9.17) is 9.73 Å². The molecule has 1 fully saturated rings. The van der Waals surface area contributed by atoms with Gasteiger partial charge in [-0.25, -0.2) is 0 Å². The number of rotatable bonds is 8. The molecule has 4 nitrogen and oxygen atoms in total. The highest BCUT2D eigenvalue weighted by molar-refractivity contribution is 9.10. The fourth-order valence-corrected chi connectivity index (χ4v) is 5.07. The fourth-order valence-electron chi connectivity index (χ4n) is 3.83. The second kappa shape index (κ2) is 12.1. The lowest BCUT2D eigenvalue weighted by atomic mass is 10.2. The van der Waals surface area contributed by atoms with E-state index in [1.165, 1.54) is 11.8 Å². The Balaban J connectivity index is 1.31. The Morgan fingerprint density at radius 2 is 1.43 bits per heavy atom. The lowest BCUT2D eigenvalue weighted by Gasteiger charge is -2.15. The number of thioether (sulfide) groups is 1. The van der Waals surface area contributed by atoms with Crippen LogP contribution < -0.4 is 4.74 Å². The highest BCUT2D eigenvalue weighted by Gasteiger charge is 2.33. The second-order valence-corrected chi connectivity index (χ2v) is 10.5. The standard InChI is InChI=1S/C31H25BrN2O2S/c32-27-15-11-26(12-16-27)22-36-28-17-13-23(14-18-28)19-29-30(35)34(21-25-9-5-2-6-10-25)31(37-29)33-20-24-7-3-1-4-8-24/h1-19H,20-22H2/b29-19+,33-31?. The number of nitrogens with zero attached hydrogens (tertiary/aromatic N) is 2. The maximum Gasteiger partial charge on any atom is 0.267 e.